The van der Waals surface area contributed by atoms with E-state index in [4.69, 9.17) is 39.4 Å². The summed E-state index contributed by atoms with van der Waals surface area (Å²) in [6, 6.07) is 30.0. The van der Waals surface area contributed by atoms with Crippen molar-refractivity contribution in [1.29, 1.82) is 0 Å². The molecule has 5 aromatic carbocycles. The molecule has 0 bridgehead atoms. The van der Waals surface area contributed by atoms with Crippen LogP contribution in [0.5, 0.6) is 17.2 Å². The second-order valence-electron chi connectivity index (χ2n) is 19.1. The lowest BCUT2D eigenvalue weighted by Crippen LogP contribution is -2.37. The molecule has 4 heterocycles. The summed E-state index contributed by atoms with van der Waals surface area (Å²) < 4.78 is 31.0. The number of carbonyl (C=O) groups is 3. The van der Waals surface area contributed by atoms with E-state index in [1.165, 1.54) is 5.56 Å². The summed E-state index contributed by atoms with van der Waals surface area (Å²) in [5, 5.41) is 0. The van der Waals surface area contributed by atoms with Gasteiger partial charge in [0.15, 0.2) is 11.5 Å². The molecule has 2 N–H and O–H groups in total. The number of ether oxygens (including phenoxy) is 5. The van der Waals surface area contributed by atoms with E-state index in [-0.39, 0.29) is 42.9 Å². The number of hydrogen-bond donors (Lipinski definition) is 1. The fourth-order valence-corrected chi connectivity index (χ4v) is 10.4. The molecule has 0 saturated carbocycles. The van der Waals surface area contributed by atoms with Gasteiger partial charge in [-0.3, -0.25) is 24.3 Å². The summed E-state index contributed by atoms with van der Waals surface area (Å²) in [4.78, 5) is 56.9. The lowest BCUT2D eigenvalue weighted by atomic mass is 9.99. The first-order valence-electron chi connectivity index (χ1n) is 25.6. The van der Waals surface area contributed by atoms with Gasteiger partial charge in [-0.2, -0.15) is 0 Å². The maximum atomic E-state index is 14.2. The highest BCUT2D eigenvalue weighted by Gasteiger charge is 2.38. The number of amides is 2. The number of Topliss-reactive ketones (excluding diaryl/α,β-unsaturated/α-hetero) is 1. The van der Waals surface area contributed by atoms with Crippen LogP contribution in [0.15, 0.2) is 96.0 Å². The van der Waals surface area contributed by atoms with E-state index in [0.29, 0.717) is 99.4 Å². The Bertz CT molecular complexity index is 2780. The monoisotopic (exact) mass is 977 g/mol. The van der Waals surface area contributed by atoms with Gasteiger partial charge in [-0.1, -0.05) is 43.3 Å². The van der Waals surface area contributed by atoms with E-state index in [0.717, 1.165) is 89.8 Å². The van der Waals surface area contributed by atoms with E-state index in [9.17, 15) is 14.4 Å². The van der Waals surface area contributed by atoms with Crippen LogP contribution < -0.4 is 34.8 Å². The maximum absolute atomic E-state index is 14.2. The molecule has 2 amide bonds. The minimum absolute atomic E-state index is 0.0191. The van der Waals surface area contributed by atoms with Crippen LogP contribution in [-0.4, -0.2) is 89.1 Å². The molecule has 72 heavy (non-hydrogen) atoms. The molecule has 5 aromatic rings. The molecule has 0 fully saturated rings. The molecular formula is C58H67N5O9. The number of carbonyl (C=O) groups excluding carboxylic acids is 3. The molecular weight excluding hydrogens is 911 g/mol. The second-order valence-corrected chi connectivity index (χ2v) is 19.1. The first-order chi connectivity index (χ1) is 35.2. The van der Waals surface area contributed by atoms with Gasteiger partial charge in [0, 0.05) is 79.9 Å². The second kappa shape index (κ2) is 23.8. The first kappa shape index (κ1) is 50.4. The van der Waals surface area contributed by atoms with Crippen LogP contribution in [0.25, 0.3) is 0 Å². The van der Waals surface area contributed by atoms with Crippen LogP contribution in [-0.2, 0) is 51.6 Å². The third-order valence-corrected chi connectivity index (χ3v) is 14.1. The zero-order chi connectivity index (χ0) is 50.0. The molecule has 0 saturated heterocycles. The number of unbranched alkanes of at least 4 members (excludes halogenated alkanes) is 1. The molecule has 2 atom stereocenters. The molecule has 9 rings (SSSR count). The van der Waals surface area contributed by atoms with Crippen LogP contribution in [0, 0.1) is 6.92 Å². The normalized spacial score (nSPS) is 16.3. The summed E-state index contributed by atoms with van der Waals surface area (Å²) in [7, 11) is 1.60. The SMILES string of the molecule is CCCOCCOCCN(CCCC(=O)CCCCON)c1cc(COc2cc3c(cc2C)C(=O)N2c4ccccc4C[C@H]2C=N3)cc(COc2cc3c(cc2OC)C(=O)N2c4ccccc4C[C@H]2CC3)c1. The molecule has 4 aliphatic rings. The van der Waals surface area contributed by atoms with Gasteiger partial charge in [0.2, 0.25) is 0 Å². The van der Waals surface area contributed by atoms with Gasteiger partial charge in [-0.15, -0.1) is 0 Å². The van der Waals surface area contributed by atoms with Crippen molar-refractivity contribution in [3.05, 3.63) is 136 Å². The van der Waals surface area contributed by atoms with Crippen LogP contribution >= 0.6 is 0 Å². The highest BCUT2D eigenvalue weighted by atomic mass is 16.6. The van der Waals surface area contributed by atoms with Gasteiger partial charge < -0.3 is 38.3 Å². The Morgan fingerprint density at radius 2 is 1.40 bits per heavy atom. The molecule has 0 aliphatic carbocycles. The number of nitrogens with zero attached hydrogens (tertiary/aromatic N) is 4. The first-order valence-corrected chi connectivity index (χ1v) is 25.6. The van der Waals surface area contributed by atoms with E-state index in [2.05, 4.69) is 42.2 Å². The summed E-state index contributed by atoms with van der Waals surface area (Å²) in [6.07, 6.45) is 9.01. The molecule has 4 aliphatic heterocycles. The number of anilines is 3. The number of fused-ring (bicyclic) bond motifs is 8. The number of hydrogen-bond acceptors (Lipinski definition) is 12. The summed E-state index contributed by atoms with van der Waals surface area (Å²) in [5.74, 6) is 6.98. The number of para-hydroxylation sites is 2. The zero-order valence-corrected chi connectivity index (χ0v) is 41.9. The summed E-state index contributed by atoms with van der Waals surface area (Å²) in [6.45, 7) is 8.23. The number of aliphatic imine (C=N–C) groups is 1. The van der Waals surface area contributed by atoms with Gasteiger partial charge in [-0.25, -0.2) is 5.90 Å². The standard InChI is InChI=1S/C58H67N5O9/c1-4-22-68-25-26-69-24-21-61(20-11-15-48(64)14-9-10-23-72-59)46-29-40(37-70-54-35-51-50(27-39(54)2)58(66)63-47(36-60-51)32-44-13-6-8-17-53(44)63)28-41(30-46)38-71-56-33-42-18-19-45-31-43-12-5-7-16-52(43)62(45)57(65)49(42)34-55(56)67-3/h5-8,12-13,16-17,27-30,33-36,45,47H,4,9-11,14-15,18-26,31-32,37-38,59H2,1-3H3/t45-,47+/m1/s1. The van der Waals surface area contributed by atoms with Gasteiger partial charge in [0.25, 0.3) is 11.8 Å². The Kier molecular flexibility index (Phi) is 16.6. The number of ketones is 1. The maximum Gasteiger partial charge on any atom is 0.261 e. The van der Waals surface area contributed by atoms with Crippen LogP contribution in [0.3, 0.4) is 0 Å². The van der Waals surface area contributed by atoms with Crippen LogP contribution in [0.2, 0.25) is 0 Å². The number of benzene rings is 5. The number of rotatable bonds is 25. The quantitative estimate of drug-likeness (QED) is 0.0439. The predicted octanol–water partition coefficient (Wildman–Crippen LogP) is 9.63. The Morgan fingerprint density at radius 1 is 0.708 bits per heavy atom. The topological polar surface area (TPSA) is 155 Å². The molecule has 0 unspecified atom stereocenters. The van der Waals surface area contributed by atoms with Crippen molar-refractivity contribution in [2.75, 3.05) is 67.9 Å². The number of aryl methyl sites for hydroxylation is 2. The lowest BCUT2D eigenvalue weighted by Gasteiger charge is -2.26. The Labute approximate surface area is 422 Å². The van der Waals surface area contributed by atoms with Crippen molar-refractivity contribution in [1.82, 2.24) is 0 Å². The fraction of sp³-hybridized carbons (Fsp3) is 0.414. The van der Waals surface area contributed by atoms with Gasteiger partial charge in [0.05, 0.1) is 50.8 Å². The largest absolute Gasteiger partial charge is 0.493 e. The average Bonchev–Trinajstić information content (AvgIpc) is 3.89. The Morgan fingerprint density at radius 3 is 2.15 bits per heavy atom. The molecule has 14 nitrogen and oxygen atoms in total. The number of nitrogens with two attached hydrogens (primary N) is 1. The third-order valence-electron chi connectivity index (χ3n) is 14.1. The average molecular weight is 978 g/mol. The highest BCUT2D eigenvalue weighted by Crippen LogP contribution is 2.42. The number of methoxy groups -OCH3 is 1. The van der Waals surface area contributed by atoms with Crippen LogP contribution in [0.1, 0.15) is 106 Å². The van der Waals surface area contributed by atoms with Crippen molar-refractivity contribution in [3.63, 3.8) is 0 Å². The van der Waals surface area contributed by atoms with Gasteiger partial charge in [0.1, 0.15) is 24.7 Å². The smallest absolute Gasteiger partial charge is 0.261 e. The van der Waals surface area contributed by atoms with E-state index in [1.807, 2.05) is 83.6 Å². The van der Waals surface area contributed by atoms with Crippen LogP contribution in [0.4, 0.5) is 22.7 Å². The Balaban J connectivity index is 0.976. The highest BCUT2D eigenvalue weighted by molar-refractivity contribution is 6.14. The van der Waals surface area contributed by atoms with Crippen molar-refractivity contribution in [3.8, 4) is 17.2 Å². The molecule has 14 heteroatoms. The minimum atomic E-state index is -0.156. The molecule has 0 radical (unpaired) electrons. The van der Waals surface area contributed by atoms with E-state index < -0.39 is 0 Å². The summed E-state index contributed by atoms with van der Waals surface area (Å²) in [5.41, 5.74) is 10.5. The van der Waals surface area contributed by atoms with E-state index in [1.54, 1.807) is 7.11 Å². The van der Waals surface area contributed by atoms with Crippen molar-refractivity contribution in [2.45, 2.75) is 103 Å². The fourth-order valence-electron chi connectivity index (χ4n) is 10.4. The zero-order valence-electron chi connectivity index (χ0n) is 41.9. The minimum Gasteiger partial charge on any atom is -0.493 e. The third kappa shape index (κ3) is 11.5. The van der Waals surface area contributed by atoms with E-state index >= 15 is 0 Å². The molecule has 0 spiro atoms. The molecule has 378 valence electrons. The summed E-state index contributed by atoms with van der Waals surface area (Å²) >= 11 is 0. The Hall–Kier alpha value is -6.58. The lowest BCUT2D eigenvalue weighted by molar-refractivity contribution is -0.119. The molecule has 0 aromatic heterocycles. The van der Waals surface area contributed by atoms with Crippen molar-refractivity contribution < 1.29 is 42.9 Å². The van der Waals surface area contributed by atoms with Crippen molar-refractivity contribution in [2.24, 2.45) is 10.9 Å². The predicted molar refractivity (Wildman–Crippen MR) is 280 cm³/mol. The van der Waals surface area contributed by atoms with Crippen molar-refractivity contribution >= 4 is 46.6 Å². The van der Waals surface area contributed by atoms with Gasteiger partial charge in [-0.05, 0) is 134 Å². The van der Waals surface area contributed by atoms with Gasteiger partial charge >= 0.3 is 0 Å².